The topological polar surface area (TPSA) is 58.0 Å². The molecule has 3 aromatic rings. The first-order valence-electron chi connectivity index (χ1n) is 6.15. The minimum Gasteiger partial charge on any atom is -0.506 e. The highest BCUT2D eigenvalue weighted by atomic mass is 35.5. The third-order valence-electron chi connectivity index (χ3n) is 2.99. The van der Waals surface area contributed by atoms with Crippen LogP contribution in [0, 0.1) is 0 Å². The van der Waals surface area contributed by atoms with E-state index in [9.17, 15) is 5.11 Å². The molecule has 2 N–H and O–H groups in total. The van der Waals surface area contributed by atoms with Crippen molar-refractivity contribution in [2.45, 2.75) is 6.54 Å². The van der Waals surface area contributed by atoms with Crippen LogP contribution >= 0.6 is 11.6 Å². The summed E-state index contributed by atoms with van der Waals surface area (Å²) in [6, 6.07) is 10.9. The van der Waals surface area contributed by atoms with Crippen molar-refractivity contribution < 1.29 is 5.11 Å². The Balaban J connectivity index is 1.88. The zero-order valence-electron chi connectivity index (χ0n) is 10.5. The summed E-state index contributed by atoms with van der Waals surface area (Å²) in [5, 5.41) is 14.1. The van der Waals surface area contributed by atoms with E-state index in [-0.39, 0.29) is 5.75 Å². The highest BCUT2D eigenvalue weighted by molar-refractivity contribution is 6.35. The minimum atomic E-state index is 0.160. The number of anilines is 1. The normalized spacial score (nSPS) is 10.7. The summed E-state index contributed by atoms with van der Waals surface area (Å²) < 4.78 is 0. The van der Waals surface area contributed by atoms with E-state index in [0.29, 0.717) is 11.6 Å². The molecule has 0 saturated heterocycles. The molecule has 20 heavy (non-hydrogen) atoms. The molecule has 0 atom stereocenters. The van der Waals surface area contributed by atoms with Crippen LogP contribution in [0.5, 0.6) is 5.75 Å². The highest BCUT2D eigenvalue weighted by Gasteiger charge is 2.05. The largest absolute Gasteiger partial charge is 0.506 e. The van der Waals surface area contributed by atoms with Gasteiger partial charge in [0.05, 0.1) is 34.7 Å². The zero-order chi connectivity index (χ0) is 13.9. The monoisotopic (exact) mass is 285 g/mol. The summed E-state index contributed by atoms with van der Waals surface area (Å²) in [5.74, 6) is 0.160. The lowest BCUT2D eigenvalue weighted by molar-refractivity contribution is 0.472. The van der Waals surface area contributed by atoms with Crippen LogP contribution in [0.25, 0.3) is 10.9 Å². The van der Waals surface area contributed by atoms with Gasteiger partial charge in [0, 0.05) is 11.6 Å². The number of rotatable bonds is 3. The number of halogens is 1. The van der Waals surface area contributed by atoms with Crippen LogP contribution in [0.1, 0.15) is 5.69 Å². The molecule has 0 saturated carbocycles. The van der Waals surface area contributed by atoms with E-state index in [1.54, 1.807) is 18.3 Å². The molecular formula is C15H12ClN3O. The van der Waals surface area contributed by atoms with Crippen molar-refractivity contribution in [1.82, 2.24) is 9.97 Å². The average Bonchev–Trinajstić information content (AvgIpc) is 2.49. The van der Waals surface area contributed by atoms with E-state index in [4.69, 9.17) is 11.6 Å². The summed E-state index contributed by atoms with van der Waals surface area (Å²) in [6.07, 6.45) is 3.16. The smallest absolute Gasteiger partial charge is 0.133 e. The molecule has 5 heteroatoms. The van der Waals surface area contributed by atoms with Crippen molar-refractivity contribution >= 4 is 28.2 Å². The van der Waals surface area contributed by atoms with E-state index in [1.165, 1.54) is 6.20 Å². The number of pyridine rings is 2. The van der Waals surface area contributed by atoms with Crippen molar-refractivity contribution in [3.05, 3.63) is 59.5 Å². The molecule has 0 spiro atoms. The average molecular weight is 286 g/mol. The second-order valence-corrected chi connectivity index (χ2v) is 4.76. The fourth-order valence-electron chi connectivity index (χ4n) is 1.99. The molecule has 0 bridgehead atoms. The second kappa shape index (κ2) is 5.35. The highest BCUT2D eigenvalue weighted by Crippen LogP contribution is 2.28. The van der Waals surface area contributed by atoms with Crippen LogP contribution in [0.4, 0.5) is 5.69 Å². The Morgan fingerprint density at radius 2 is 2.00 bits per heavy atom. The maximum atomic E-state index is 9.21. The SMILES string of the molecule is Oc1ccc(CNc2ccc(Cl)c3cccnc23)nc1. The molecule has 3 rings (SSSR count). The lowest BCUT2D eigenvalue weighted by Crippen LogP contribution is -2.02. The fourth-order valence-corrected chi connectivity index (χ4v) is 2.20. The molecule has 0 amide bonds. The van der Waals surface area contributed by atoms with Gasteiger partial charge in [-0.3, -0.25) is 9.97 Å². The molecule has 0 radical (unpaired) electrons. The van der Waals surface area contributed by atoms with Crippen LogP contribution in [0.2, 0.25) is 5.02 Å². The maximum absolute atomic E-state index is 9.21. The third-order valence-corrected chi connectivity index (χ3v) is 3.32. The van der Waals surface area contributed by atoms with Gasteiger partial charge in [-0.05, 0) is 36.4 Å². The lowest BCUT2D eigenvalue weighted by atomic mass is 10.2. The first-order valence-corrected chi connectivity index (χ1v) is 6.53. The van der Waals surface area contributed by atoms with Gasteiger partial charge in [-0.25, -0.2) is 0 Å². The standard InChI is InChI=1S/C15H12ClN3O/c16-13-5-6-14(15-12(13)2-1-7-17-15)19-8-10-3-4-11(20)9-18-10/h1-7,9,19-20H,8H2. The molecule has 2 aromatic heterocycles. The molecule has 0 aliphatic carbocycles. The van der Waals surface area contributed by atoms with Gasteiger partial charge in [-0.2, -0.15) is 0 Å². The van der Waals surface area contributed by atoms with Crippen molar-refractivity contribution in [1.29, 1.82) is 0 Å². The van der Waals surface area contributed by atoms with Crippen LogP contribution in [0.3, 0.4) is 0 Å². The van der Waals surface area contributed by atoms with Crippen molar-refractivity contribution in [2.75, 3.05) is 5.32 Å². The summed E-state index contributed by atoms with van der Waals surface area (Å²) in [7, 11) is 0. The van der Waals surface area contributed by atoms with Crippen LogP contribution < -0.4 is 5.32 Å². The van der Waals surface area contributed by atoms with E-state index >= 15 is 0 Å². The van der Waals surface area contributed by atoms with Gasteiger partial charge in [-0.15, -0.1) is 0 Å². The van der Waals surface area contributed by atoms with Crippen molar-refractivity contribution in [3.63, 3.8) is 0 Å². The Morgan fingerprint density at radius 3 is 2.80 bits per heavy atom. The number of hydrogen-bond donors (Lipinski definition) is 2. The summed E-state index contributed by atoms with van der Waals surface area (Å²) in [4.78, 5) is 8.49. The molecule has 4 nitrogen and oxygen atoms in total. The van der Waals surface area contributed by atoms with E-state index in [2.05, 4.69) is 15.3 Å². The Hall–Kier alpha value is -2.33. The van der Waals surface area contributed by atoms with Crippen LogP contribution in [0.15, 0.2) is 48.8 Å². The number of nitrogens with one attached hydrogen (secondary N) is 1. The minimum absolute atomic E-state index is 0.160. The molecule has 0 aliphatic rings. The van der Waals surface area contributed by atoms with Crippen LogP contribution in [-0.4, -0.2) is 15.1 Å². The van der Waals surface area contributed by atoms with Gasteiger partial charge < -0.3 is 10.4 Å². The fraction of sp³-hybridized carbons (Fsp3) is 0.0667. The number of fused-ring (bicyclic) bond motifs is 1. The predicted molar refractivity (Wildman–Crippen MR) is 80.0 cm³/mol. The van der Waals surface area contributed by atoms with E-state index < -0.39 is 0 Å². The van der Waals surface area contributed by atoms with Crippen molar-refractivity contribution in [3.8, 4) is 5.75 Å². The number of hydrogen-bond acceptors (Lipinski definition) is 4. The number of aromatic nitrogens is 2. The Labute approximate surface area is 121 Å². The Bertz CT molecular complexity index is 744. The Kier molecular flexibility index (Phi) is 3.39. The van der Waals surface area contributed by atoms with Gasteiger partial charge in [-0.1, -0.05) is 11.6 Å². The molecule has 2 heterocycles. The molecule has 0 fully saturated rings. The molecule has 0 unspecified atom stereocenters. The summed E-state index contributed by atoms with van der Waals surface area (Å²) in [6.45, 7) is 0.549. The van der Waals surface area contributed by atoms with Gasteiger partial charge in [0.2, 0.25) is 0 Å². The van der Waals surface area contributed by atoms with Gasteiger partial charge in [0.25, 0.3) is 0 Å². The summed E-state index contributed by atoms with van der Waals surface area (Å²) in [5.41, 5.74) is 2.57. The van der Waals surface area contributed by atoms with Crippen LogP contribution in [-0.2, 0) is 6.54 Å². The predicted octanol–water partition coefficient (Wildman–Crippen LogP) is 3.60. The number of nitrogens with zero attached hydrogens (tertiary/aromatic N) is 2. The maximum Gasteiger partial charge on any atom is 0.133 e. The van der Waals surface area contributed by atoms with Gasteiger partial charge in [0.15, 0.2) is 0 Å². The van der Waals surface area contributed by atoms with Gasteiger partial charge in [0.1, 0.15) is 5.75 Å². The summed E-state index contributed by atoms with van der Waals surface area (Å²) >= 11 is 6.16. The molecule has 1 aromatic carbocycles. The quantitative estimate of drug-likeness (QED) is 0.772. The third kappa shape index (κ3) is 2.51. The number of aromatic hydroxyl groups is 1. The Morgan fingerprint density at radius 1 is 1.10 bits per heavy atom. The van der Waals surface area contributed by atoms with E-state index in [0.717, 1.165) is 22.3 Å². The number of benzene rings is 1. The first kappa shape index (κ1) is 12.7. The first-order chi connectivity index (χ1) is 9.74. The second-order valence-electron chi connectivity index (χ2n) is 4.36. The zero-order valence-corrected chi connectivity index (χ0v) is 11.3. The molecule has 0 aliphatic heterocycles. The molecular weight excluding hydrogens is 274 g/mol. The lowest BCUT2D eigenvalue weighted by Gasteiger charge is -2.09. The molecule has 100 valence electrons. The van der Waals surface area contributed by atoms with E-state index in [1.807, 2.05) is 24.3 Å². The van der Waals surface area contributed by atoms with Gasteiger partial charge >= 0.3 is 0 Å². The van der Waals surface area contributed by atoms with Crippen molar-refractivity contribution in [2.24, 2.45) is 0 Å².